The van der Waals surface area contributed by atoms with Gasteiger partial charge in [0.15, 0.2) is 0 Å². The Kier molecular flexibility index (Phi) is 3.83. The highest BCUT2D eigenvalue weighted by atomic mass is 16.4. The van der Waals surface area contributed by atoms with Crippen molar-refractivity contribution in [3.05, 3.63) is 29.6 Å². The summed E-state index contributed by atoms with van der Waals surface area (Å²) in [6.07, 6.45) is 6.64. The van der Waals surface area contributed by atoms with Crippen molar-refractivity contribution in [2.45, 2.75) is 44.6 Å². The normalized spacial score (nSPS) is 17.7. The van der Waals surface area contributed by atoms with Gasteiger partial charge in [-0.1, -0.05) is 19.3 Å². The van der Waals surface area contributed by atoms with Gasteiger partial charge in [-0.15, -0.1) is 0 Å². The zero-order valence-electron chi connectivity index (χ0n) is 11.0. The average Bonchev–Trinajstić information content (AvgIpc) is 2.39. The van der Waals surface area contributed by atoms with E-state index in [2.05, 4.69) is 17.2 Å². The third-order valence-electron chi connectivity index (χ3n) is 3.62. The molecule has 5 heteroatoms. The molecule has 0 spiro atoms. The molecule has 1 aliphatic rings. The van der Waals surface area contributed by atoms with Gasteiger partial charge < -0.3 is 10.4 Å². The molecule has 0 saturated heterocycles. The highest BCUT2D eigenvalue weighted by molar-refractivity contribution is 5.94. The SMILES string of the molecule is CC1(NC(=O)c2ccc(C(=O)O)cn2)CCCCC1. The van der Waals surface area contributed by atoms with Crippen molar-refractivity contribution < 1.29 is 14.7 Å². The van der Waals surface area contributed by atoms with E-state index in [1.54, 1.807) is 0 Å². The molecule has 1 amide bonds. The van der Waals surface area contributed by atoms with Gasteiger partial charge in [0, 0.05) is 11.7 Å². The van der Waals surface area contributed by atoms with E-state index in [4.69, 9.17) is 5.11 Å². The summed E-state index contributed by atoms with van der Waals surface area (Å²) in [5.41, 5.74) is 0.180. The van der Waals surface area contributed by atoms with Gasteiger partial charge in [0.2, 0.25) is 0 Å². The Bertz CT molecular complexity index is 476. The summed E-state index contributed by atoms with van der Waals surface area (Å²) < 4.78 is 0. The maximum absolute atomic E-state index is 12.1. The van der Waals surface area contributed by atoms with Gasteiger partial charge in [0.25, 0.3) is 5.91 Å². The molecule has 0 aliphatic heterocycles. The monoisotopic (exact) mass is 262 g/mol. The number of rotatable bonds is 3. The second-order valence-electron chi connectivity index (χ2n) is 5.31. The number of nitrogens with one attached hydrogen (secondary N) is 1. The van der Waals surface area contributed by atoms with Crippen LogP contribution in [0, 0.1) is 0 Å². The second kappa shape index (κ2) is 5.38. The molecular formula is C14H18N2O3. The summed E-state index contributed by atoms with van der Waals surface area (Å²) in [4.78, 5) is 26.7. The van der Waals surface area contributed by atoms with Gasteiger partial charge in [-0.2, -0.15) is 0 Å². The van der Waals surface area contributed by atoms with Crippen LogP contribution in [-0.4, -0.2) is 27.5 Å². The first-order valence-electron chi connectivity index (χ1n) is 6.52. The van der Waals surface area contributed by atoms with Crippen LogP contribution >= 0.6 is 0 Å². The highest BCUT2D eigenvalue weighted by Gasteiger charge is 2.28. The van der Waals surface area contributed by atoms with Crippen molar-refractivity contribution in [2.75, 3.05) is 0 Å². The predicted molar refractivity (Wildman–Crippen MR) is 70.2 cm³/mol. The van der Waals surface area contributed by atoms with Crippen molar-refractivity contribution in [1.82, 2.24) is 10.3 Å². The van der Waals surface area contributed by atoms with Gasteiger partial charge in [-0.25, -0.2) is 4.79 Å². The Hall–Kier alpha value is -1.91. The Morgan fingerprint density at radius 3 is 2.47 bits per heavy atom. The van der Waals surface area contributed by atoms with Crippen LogP contribution in [-0.2, 0) is 0 Å². The molecule has 0 bridgehead atoms. The molecule has 1 fully saturated rings. The Morgan fingerprint density at radius 1 is 1.26 bits per heavy atom. The molecule has 1 aromatic heterocycles. The van der Waals surface area contributed by atoms with Gasteiger partial charge in [0.05, 0.1) is 5.56 Å². The number of pyridine rings is 1. The van der Waals surface area contributed by atoms with Gasteiger partial charge in [0.1, 0.15) is 5.69 Å². The number of amides is 1. The van der Waals surface area contributed by atoms with E-state index in [0.29, 0.717) is 0 Å². The summed E-state index contributed by atoms with van der Waals surface area (Å²) in [5, 5.41) is 11.8. The number of carbonyl (C=O) groups is 2. The molecule has 0 aromatic carbocycles. The van der Waals surface area contributed by atoms with E-state index in [9.17, 15) is 9.59 Å². The maximum atomic E-state index is 12.1. The standard InChI is InChI=1S/C14H18N2O3/c1-14(7-3-2-4-8-14)16-12(17)11-6-5-10(9-15-11)13(18)19/h5-6,9H,2-4,7-8H2,1H3,(H,16,17)(H,18,19). The number of hydrogen-bond acceptors (Lipinski definition) is 3. The fourth-order valence-electron chi connectivity index (χ4n) is 2.45. The zero-order valence-corrected chi connectivity index (χ0v) is 11.0. The van der Waals surface area contributed by atoms with E-state index in [0.717, 1.165) is 25.7 Å². The van der Waals surface area contributed by atoms with E-state index in [1.807, 2.05) is 0 Å². The van der Waals surface area contributed by atoms with Crippen LogP contribution in [0.25, 0.3) is 0 Å². The fraction of sp³-hybridized carbons (Fsp3) is 0.500. The van der Waals surface area contributed by atoms with Crippen LogP contribution in [0.2, 0.25) is 0 Å². The quantitative estimate of drug-likeness (QED) is 0.875. The number of carboxylic acid groups (broad SMARTS) is 1. The lowest BCUT2D eigenvalue weighted by atomic mass is 9.83. The zero-order chi connectivity index (χ0) is 13.9. The van der Waals surface area contributed by atoms with E-state index in [-0.39, 0.29) is 22.7 Å². The van der Waals surface area contributed by atoms with Crippen LogP contribution in [0.15, 0.2) is 18.3 Å². The average molecular weight is 262 g/mol. The van der Waals surface area contributed by atoms with E-state index >= 15 is 0 Å². The van der Waals surface area contributed by atoms with Crippen LogP contribution in [0.5, 0.6) is 0 Å². The minimum Gasteiger partial charge on any atom is -0.478 e. The molecule has 1 saturated carbocycles. The highest BCUT2D eigenvalue weighted by Crippen LogP contribution is 2.27. The molecule has 2 rings (SSSR count). The number of aromatic carboxylic acids is 1. The summed E-state index contributed by atoms with van der Waals surface area (Å²) in [5.74, 6) is -1.28. The molecule has 102 valence electrons. The van der Waals surface area contributed by atoms with Crippen molar-refractivity contribution in [3.63, 3.8) is 0 Å². The predicted octanol–water partition coefficient (Wildman–Crippen LogP) is 2.23. The first kappa shape index (κ1) is 13.5. The van der Waals surface area contributed by atoms with Crippen LogP contribution < -0.4 is 5.32 Å². The molecule has 2 N–H and O–H groups in total. The summed E-state index contributed by atoms with van der Waals surface area (Å²) in [7, 11) is 0. The first-order valence-corrected chi connectivity index (χ1v) is 6.52. The number of carboxylic acids is 1. The molecule has 0 radical (unpaired) electrons. The van der Waals surface area contributed by atoms with Crippen molar-refractivity contribution in [2.24, 2.45) is 0 Å². The lowest BCUT2D eigenvalue weighted by Crippen LogP contribution is -2.47. The first-order chi connectivity index (χ1) is 9.00. The van der Waals surface area contributed by atoms with Crippen LogP contribution in [0.4, 0.5) is 0 Å². The smallest absolute Gasteiger partial charge is 0.337 e. The van der Waals surface area contributed by atoms with Crippen molar-refractivity contribution in [1.29, 1.82) is 0 Å². The summed E-state index contributed by atoms with van der Waals surface area (Å²) in [6.45, 7) is 2.05. The molecule has 0 atom stereocenters. The van der Waals surface area contributed by atoms with E-state index < -0.39 is 5.97 Å². The lowest BCUT2D eigenvalue weighted by Gasteiger charge is -2.34. The van der Waals surface area contributed by atoms with Gasteiger partial charge in [-0.3, -0.25) is 9.78 Å². The Morgan fingerprint density at radius 2 is 1.95 bits per heavy atom. The fourth-order valence-corrected chi connectivity index (χ4v) is 2.45. The number of carbonyl (C=O) groups excluding carboxylic acids is 1. The Labute approximate surface area is 112 Å². The van der Waals surface area contributed by atoms with Gasteiger partial charge in [-0.05, 0) is 31.9 Å². The third kappa shape index (κ3) is 3.30. The third-order valence-corrected chi connectivity index (χ3v) is 3.62. The second-order valence-corrected chi connectivity index (χ2v) is 5.31. The van der Waals surface area contributed by atoms with Gasteiger partial charge >= 0.3 is 5.97 Å². The summed E-state index contributed by atoms with van der Waals surface area (Å²) in [6, 6.07) is 2.85. The molecule has 1 heterocycles. The topological polar surface area (TPSA) is 79.3 Å². The maximum Gasteiger partial charge on any atom is 0.337 e. The number of hydrogen-bond donors (Lipinski definition) is 2. The molecule has 1 aliphatic carbocycles. The minimum atomic E-state index is -1.04. The molecule has 5 nitrogen and oxygen atoms in total. The minimum absolute atomic E-state index is 0.0837. The van der Waals surface area contributed by atoms with E-state index in [1.165, 1.54) is 24.8 Å². The number of nitrogens with zero attached hydrogens (tertiary/aromatic N) is 1. The number of aromatic nitrogens is 1. The van der Waals surface area contributed by atoms with Crippen molar-refractivity contribution >= 4 is 11.9 Å². The molecule has 19 heavy (non-hydrogen) atoms. The largest absolute Gasteiger partial charge is 0.478 e. The summed E-state index contributed by atoms with van der Waals surface area (Å²) >= 11 is 0. The van der Waals surface area contributed by atoms with Crippen LogP contribution in [0.1, 0.15) is 59.9 Å². The molecule has 1 aromatic rings. The molecular weight excluding hydrogens is 244 g/mol. The van der Waals surface area contributed by atoms with Crippen molar-refractivity contribution in [3.8, 4) is 0 Å². The molecule has 0 unspecified atom stereocenters. The lowest BCUT2D eigenvalue weighted by molar-refractivity contribution is 0.0695. The van der Waals surface area contributed by atoms with Crippen LogP contribution in [0.3, 0.4) is 0 Å². The Balaban J connectivity index is 2.05.